The summed E-state index contributed by atoms with van der Waals surface area (Å²) in [4.78, 5) is 23.0. The van der Waals surface area contributed by atoms with Crippen molar-refractivity contribution < 1.29 is 19.4 Å². The summed E-state index contributed by atoms with van der Waals surface area (Å²) < 4.78 is 6.31. The third-order valence-electron chi connectivity index (χ3n) is 4.48. The molecule has 2 fully saturated rings. The number of hydrogen-bond donors (Lipinski definition) is 2. The smallest absolute Gasteiger partial charge is 0.332 e. The Morgan fingerprint density at radius 2 is 2.05 bits per heavy atom. The van der Waals surface area contributed by atoms with Gasteiger partial charge in [-0.3, -0.25) is 4.79 Å². The summed E-state index contributed by atoms with van der Waals surface area (Å²) in [5.74, 6) is -1.20. The Labute approximate surface area is 137 Å². The molecule has 0 aromatic heterocycles. The first kappa shape index (κ1) is 15.5. The molecule has 1 saturated heterocycles. The molecule has 1 heterocycles. The predicted octanol–water partition coefficient (Wildman–Crippen LogP) is 2.23. The summed E-state index contributed by atoms with van der Waals surface area (Å²) in [6.07, 6.45) is 1.46. The number of carboxylic acids is 1. The molecule has 1 aromatic carbocycles. The number of carbonyl (C=O) groups excluding carboxylic acids is 1. The largest absolute Gasteiger partial charge is 0.479 e. The quantitative estimate of drug-likeness (QED) is 0.836. The van der Waals surface area contributed by atoms with Crippen LogP contribution in [0.1, 0.15) is 31.2 Å². The van der Waals surface area contributed by atoms with Crippen molar-refractivity contribution >= 4 is 27.8 Å². The van der Waals surface area contributed by atoms with Crippen molar-refractivity contribution in [3.05, 3.63) is 34.3 Å². The van der Waals surface area contributed by atoms with E-state index in [9.17, 15) is 9.59 Å². The van der Waals surface area contributed by atoms with Crippen LogP contribution in [0.4, 0.5) is 0 Å². The van der Waals surface area contributed by atoms with Crippen LogP contribution < -0.4 is 5.32 Å². The Hall–Kier alpha value is -1.40. The molecule has 0 bridgehead atoms. The maximum Gasteiger partial charge on any atom is 0.332 e. The number of halogens is 1. The van der Waals surface area contributed by atoms with Gasteiger partial charge >= 0.3 is 5.97 Å². The Bertz CT molecular complexity index is 600. The van der Waals surface area contributed by atoms with Crippen LogP contribution in [0.5, 0.6) is 0 Å². The van der Waals surface area contributed by atoms with Crippen LogP contribution >= 0.6 is 15.9 Å². The molecule has 6 heteroatoms. The van der Waals surface area contributed by atoms with Gasteiger partial charge in [0, 0.05) is 16.4 Å². The zero-order valence-corrected chi connectivity index (χ0v) is 13.6. The summed E-state index contributed by atoms with van der Waals surface area (Å²) in [5.41, 5.74) is 1.24. The molecule has 1 aliphatic carbocycles. The number of carbonyl (C=O) groups is 2. The predicted molar refractivity (Wildman–Crippen MR) is 83.6 cm³/mol. The van der Waals surface area contributed by atoms with Gasteiger partial charge in [0.05, 0.1) is 0 Å². The third kappa shape index (κ3) is 3.17. The van der Waals surface area contributed by atoms with Gasteiger partial charge in [-0.25, -0.2) is 4.79 Å². The first-order valence-electron chi connectivity index (χ1n) is 7.42. The van der Waals surface area contributed by atoms with E-state index < -0.39 is 18.2 Å². The molecule has 0 radical (unpaired) electrons. The molecule has 1 aromatic rings. The minimum Gasteiger partial charge on any atom is -0.479 e. The summed E-state index contributed by atoms with van der Waals surface area (Å²) in [7, 11) is 0. The van der Waals surface area contributed by atoms with Crippen molar-refractivity contribution in [1.82, 2.24) is 5.32 Å². The normalized spacial score (nSPS) is 25.7. The van der Waals surface area contributed by atoms with Crippen LogP contribution in [0.3, 0.4) is 0 Å². The van der Waals surface area contributed by atoms with Gasteiger partial charge in [-0.1, -0.05) is 28.1 Å². The van der Waals surface area contributed by atoms with E-state index in [0.29, 0.717) is 19.4 Å². The molecule has 22 heavy (non-hydrogen) atoms. The van der Waals surface area contributed by atoms with E-state index in [2.05, 4.69) is 33.4 Å². The van der Waals surface area contributed by atoms with Crippen molar-refractivity contribution in [2.45, 2.75) is 43.3 Å². The molecule has 0 unspecified atom stereocenters. The number of benzene rings is 1. The van der Waals surface area contributed by atoms with Gasteiger partial charge in [0.25, 0.3) is 0 Å². The second kappa shape index (κ2) is 6.01. The van der Waals surface area contributed by atoms with Crippen LogP contribution in [0.15, 0.2) is 28.7 Å². The molecule has 3 rings (SSSR count). The van der Waals surface area contributed by atoms with E-state index in [1.54, 1.807) is 0 Å². The van der Waals surface area contributed by atoms with Crippen LogP contribution in [-0.2, 0) is 19.7 Å². The highest BCUT2D eigenvalue weighted by Gasteiger charge is 2.45. The molecular formula is C16H18BrNO4. The first-order valence-corrected chi connectivity index (χ1v) is 8.21. The van der Waals surface area contributed by atoms with E-state index in [1.165, 1.54) is 5.56 Å². The van der Waals surface area contributed by atoms with Crippen molar-refractivity contribution in [2.24, 2.45) is 0 Å². The van der Waals surface area contributed by atoms with Gasteiger partial charge in [0.1, 0.15) is 6.10 Å². The van der Waals surface area contributed by atoms with Gasteiger partial charge in [-0.05, 0) is 43.4 Å². The number of amides is 1. The number of carboxylic acid groups (broad SMARTS) is 1. The number of aliphatic carboxylic acids is 1. The molecule has 2 atom stereocenters. The lowest BCUT2D eigenvalue weighted by molar-refractivity contribution is -0.151. The van der Waals surface area contributed by atoms with Gasteiger partial charge in [0.15, 0.2) is 6.10 Å². The Kier molecular flexibility index (Phi) is 4.23. The zero-order chi connectivity index (χ0) is 15.7. The fraction of sp³-hybridized carbons (Fsp3) is 0.500. The van der Waals surface area contributed by atoms with E-state index in [0.717, 1.165) is 17.3 Å². The minimum atomic E-state index is -0.997. The van der Waals surface area contributed by atoms with Crippen molar-refractivity contribution in [1.29, 1.82) is 0 Å². The Morgan fingerprint density at radius 3 is 2.64 bits per heavy atom. The molecule has 5 nitrogen and oxygen atoms in total. The maximum absolute atomic E-state index is 12.1. The molecule has 2 aliphatic rings. The molecular weight excluding hydrogens is 350 g/mol. The average molecular weight is 368 g/mol. The molecule has 1 amide bonds. The molecule has 2 N–H and O–H groups in total. The minimum absolute atomic E-state index is 0.0181. The van der Waals surface area contributed by atoms with E-state index in [4.69, 9.17) is 9.84 Å². The van der Waals surface area contributed by atoms with Gasteiger partial charge < -0.3 is 15.2 Å². The highest BCUT2D eigenvalue weighted by Crippen LogP contribution is 2.48. The zero-order valence-electron chi connectivity index (χ0n) is 12.0. The highest BCUT2D eigenvalue weighted by atomic mass is 79.9. The Morgan fingerprint density at radius 1 is 1.32 bits per heavy atom. The number of rotatable bonds is 5. The first-order chi connectivity index (χ1) is 10.5. The van der Waals surface area contributed by atoms with Crippen molar-refractivity contribution in [3.63, 3.8) is 0 Å². The van der Waals surface area contributed by atoms with Crippen LogP contribution in [0.2, 0.25) is 0 Å². The Balaban J connectivity index is 1.56. The molecule has 1 saturated carbocycles. The van der Waals surface area contributed by atoms with E-state index >= 15 is 0 Å². The van der Waals surface area contributed by atoms with E-state index in [1.807, 2.05) is 12.1 Å². The lowest BCUT2D eigenvalue weighted by Gasteiger charge is -2.19. The van der Waals surface area contributed by atoms with Gasteiger partial charge in [-0.15, -0.1) is 0 Å². The molecule has 0 spiro atoms. The third-order valence-corrected chi connectivity index (χ3v) is 4.97. The standard InChI is InChI=1S/C16H18BrNO4/c17-11-3-1-2-10(8-11)16(6-7-16)9-18-14(19)12-4-5-13(22-12)15(20)21/h1-3,8,12-13H,4-7,9H2,(H,18,19)(H,20,21)/t12-,13+/m0/s1. The van der Waals surface area contributed by atoms with Crippen LogP contribution in [0.25, 0.3) is 0 Å². The topological polar surface area (TPSA) is 75.6 Å². The summed E-state index contributed by atoms with van der Waals surface area (Å²) in [6, 6.07) is 8.15. The second-order valence-electron chi connectivity index (χ2n) is 6.04. The molecule has 118 valence electrons. The fourth-order valence-corrected chi connectivity index (χ4v) is 3.32. The summed E-state index contributed by atoms with van der Waals surface area (Å²) >= 11 is 3.47. The fourth-order valence-electron chi connectivity index (χ4n) is 2.92. The van der Waals surface area contributed by atoms with Gasteiger partial charge in [-0.2, -0.15) is 0 Å². The SMILES string of the molecule is O=C(NCC1(c2cccc(Br)c2)CC1)[C@@H]1CC[C@H](C(=O)O)O1. The second-order valence-corrected chi connectivity index (χ2v) is 6.95. The lowest BCUT2D eigenvalue weighted by Crippen LogP contribution is -2.39. The lowest BCUT2D eigenvalue weighted by atomic mass is 9.96. The van der Waals surface area contributed by atoms with Crippen LogP contribution in [-0.4, -0.2) is 35.7 Å². The van der Waals surface area contributed by atoms with Gasteiger partial charge in [0.2, 0.25) is 5.91 Å². The van der Waals surface area contributed by atoms with Crippen LogP contribution in [0, 0.1) is 0 Å². The van der Waals surface area contributed by atoms with E-state index in [-0.39, 0.29) is 11.3 Å². The summed E-state index contributed by atoms with van der Waals surface area (Å²) in [6.45, 7) is 0.569. The molecule has 1 aliphatic heterocycles. The number of ether oxygens (including phenoxy) is 1. The highest BCUT2D eigenvalue weighted by molar-refractivity contribution is 9.10. The van der Waals surface area contributed by atoms with Crippen molar-refractivity contribution in [2.75, 3.05) is 6.54 Å². The number of nitrogens with one attached hydrogen (secondary N) is 1. The maximum atomic E-state index is 12.1. The average Bonchev–Trinajstić information content (AvgIpc) is 3.11. The number of hydrogen-bond acceptors (Lipinski definition) is 3. The summed E-state index contributed by atoms with van der Waals surface area (Å²) in [5, 5.41) is 11.8. The monoisotopic (exact) mass is 367 g/mol. The van der Waals surface area contributed by atoms with Crippen molar-refractivity contribution in [3.8, 4) is 0 Å².